The molecule has 3 aromatic rings. The number of hydrogen-bond donors (Lipinski definition) is 1. The summed E-state index contributed by atoms with van der Waals surface area (Å²) in [5.41, 5.74) is 4.62. The molecule has 2 unspecified atom stereocenters. The second-order valence-electron chi connectivity index (χ2n) is 9.21. The molecule has 35 heavy (non-hydrogen) atoms. The van der Waals surface area contributed by atoms with Crippen molar-refractivity contribution in [3.8, 4) is 11.1 Å². The standard InChI is InChI=1S/C28H33N3O4/c1-18(2)13-24(31-12-7-6-11-25(31)32)28(34)30-23(15-26(33)35-5)21-14-22(17-29-16-21)27-19(3)9-8-10-20(27)4/h6-12,14,16-18,23-24H,13,15H2,1-5H3,(H,30,34). The average molecular weight is 476 g/mol. The van der Waals surface area contributed by atoms with Gasteiger partial charge in [0.05, 0.1) is 19.6 Å². The van der Waals surface area contributed by atoms with Gasteiger partial charge in [-0.05, 0) is 60.6 Å². The van der Waals surface area contributed by atoms with E-state index >= 15 is 0 Å². The molecular formula is C28H33N3O4. The molecule has 184 valence electrons. The Labute approximate surface area is 206 Å². The van der Waals surface area contributed by atoms with Gasteiger partial charge in [0.1, 0.15) is 6.04 Å². The summed E-state index contributed by atoms with van der Waals surface area (Å²) in [6, 6.07) is 11.5. The number of amides is 1. The Kier molecular flexibility index (Phi) is 8.58. The molecule has 0 aliphatic heterocycles. The molecule has 2 atom stereocenters. The van der Waals surface area contributed by atoms with Crippen LogP contribution in [0.5, 0.6) is 0 Å². The van der Waals surface area contributed by atoms with Crippen LogP contribution in [-0.4, -0.2) is 28.5 Å². The molecule has 0 aliphatic rings. The molecule has 0 radical (unpaired) electrons. The number of methoxy groups -OCH3 is 1. The van der Waals surface area contributed by atoms with Crippen LogP contribution in [0.1, 0.15) is 55.5 Å². The van der Waals surface area contributed by atoms with E-state index in [2.05, 4.69) is 10.3 Å². The number of rotatable bonds is 9. The zero-order valence-corrected chi connectivity index (χ0v) is 20.9. The van der Waals surface area contributed by atoms with Gasteiger partial charge in [0, 0.05) is 30.2 Å². The van der Waals surface area contributed by atoms with Crippen molar-refractivity contribution in [2.45, 2.75) is 52.6 Å². The number of esters is 1. The fourth-order valence-corrected chi connectivity index (χ4v) is 4.32. The van der Waals surface area contributed by atoms with Crippen molar-refractivity contribution in [2.24, 2.45) is 5.92 Å². The van der Waals surface area contributed by atoms with E-state index in [-0.39, 0.29) is 23.8 Å². The van der Waals surface area contributed by atoms with Gasteiger partial charge in [-0.1, -0.05) is 38.1 Å². The maximum Gasteiger partial charge on any atom is 0.307 e. The highest BCUT2D eigenvalue weighted by Gasteiger charge is 2.27. The molecule has 2 aromatic heterocycles. The number of carbonyl (C=O) groups excluding carboxylic acids is 2. The van der Waals surface area contributed by atoms with Crippen LogP contribution in [0.2, 0.25) is 0 Å². The number of pyridine rings is 2. The molecule has 0 saturated carbocycles. The third kappa shape index (κ3) is 6.44. The second kappa shape index (κ2) is 11.6. The highest BCUT2D eigenvalue weighted by molar-refractivity contribution is 5.82. The molecule has 3 rings (SSSR count). The number of aryl methyl sites for hydroxylation is 2. The molecule has 1 N–H and O–H groups in total. The minimum atomic E-state index is -0.710. The Balaban J connectivity index is 1.99. The van der Waals surface area contributed by atoms with E-state index in [0.717, 1.165) is 22.3 Å². The van der Waals surface area contributed by atoms with Crippen LogP contribution in [-0.2, 0) is 14.3 Å². The lowest BCUT2D eigenvalue weighted by Crippen LogP contribution is -2.40. The molecule has 7 nitrogen and oxygen atoms in total. The van der Waals surface area contributed by atoms with E-state index in [1.165, 1.54) is 17.7 Å². The van der Waals surface area contributed by atoms with E-state index in [0.29, 0.717) is 12.0 Å². The molecule has 0 fully saturated rings. The Morgan fingerprint density at radius 1 is 1.06 bits per heavy atom. The summed E-state index contributed by atoms with van der Waals surface area (Å²) in [6.45, 7) is 8.07. The summed E-state index contributed by atoms with van der Waals surface area (Å²) in [5, 5.41) is 3.00. The first kappa shape index (κ1) is 25.9. The summed E-state index contributed by atoms with van der Waals surface area (Å²) >= 11 is 0. The van der Waals surface area contributed by atoms with E-state index in [1.807, 2.05) is 52.0 Å². The lowest BCUT2D eigenvalue weighted by molar-refractivity contribution is -0.141. The van der Waals surface area contributed by atoms with Gasteiger partial charge in [-0.3, -0.25) is 19.4 Å². The lowest BCUT2D eigenvalue weighted by atomic mass is 9.94. The third-order valence-electron chi connectivity index (χ3n) is 6.03. The van der Waals surface area contributed by atoms with Crippen LogP contribution in [0.4, 0.5) is 0 Å². The number of aromatic nitrogens is 2. The van der Waals surface area contributed by atoms with Crippen LogP contribution in [0.25, 0.3) is 11.1 Å². The normalized spacial score (nSPS) is 12.7. The maximum atomic E-state index is 13.5. The average Bonchev–Trinajstić information content (AvgIpc) is 2.82. The van der Waals surface area contributed by atoms with E-state index in [1.54, 1.807) is 30.7 Å². The Hall–Kier alpha value is -3.74. The summed E-state index contributed by atoms with van der Waals surface area (Å²) in [5.74, 6) is -0.616. The topological polar surface area (TPSA) is 90.3 Å². The van der Waals surface area contributed by atoms with Crippen molar-refractivity contribution in [2.75, 3.05) is 7.11 Å². The van der Waals surface area contributed by atoms with Crippen LogP contribution in [0.3, 0.4) is 0 Å². The number of benzene rings is 1. The minimum Gasteiger partial charge on any atom is -0.469 e. The smallest absolute Gasteiger partial charge is 0.307 e. The SMILES string of the molecule is COC(=O)CC(NC(=O)C(CC(C)C)n1ccccc1=O)c1cncc(-c2c(C)cccc2C)c1. The Bertz CT molecular complexity index is 1230. The van der Waals surface area contributed by atoms with Crippen molar-refractivity contribution in [1.29, 1.82) is 0 Å². The van der Waals surface area contributed by atoms with Crippen molar-refractivity contribution >= 4 is 11.9 Å². The van der Waals surface area contributed by atoms with Crippen LogP contribution >= 0.6 is 0 Å². The van der Waals surface area contributed by atoms with Gasteiger partial charge in [0.25, 0.3) is 5.56 Å². The molecule has 0 aliphatic carbocycles. The first-order valence-corrected chi connectivity index (χ1v) is 11.8. The van der Waals surface area contributed by atoms with Gasteiger partial charge in [-0.15, -0.1) is 0 Å². The quantitative estimate of drug-likeness (QED) is 0.459. The molecule has 0 saturated heterocycles. The molecule has 1 amide bonds. The molecule has 1 aromatic carbocycles. The van der Waals surface area contributed by atoms with E-state index < -0.39 is 18.1 Å². The van der Waals surface area contributed by atoms with Crippen molar-refractivity contribution in [3.63, 3.8) is 0 Å². The highest BCUT2D eigenvalue weighted by Crippen LogP contribution is 2.29. The Morgan fingerprint density at radius 2 is 1.77 bits per heavy atom. The predicted octanol–water partition coefficient (Wildman–Crippen LogP) is 4.53. The van der Waals surface area contributed by atoms with Crippen LogP contribution in [0.15, 0.2) is 65.8 Å². The highest BCUT2D eigenvalue weighted by atomic mass is 16.5. The van der Waals surface area contributed by atoms with Gasteiger partial charge in [-0.2, -0.15) is 0 Å². The number of nitrogens with one attached hydrogen (secondary N) is 1. The maximum absolute atomic E-state index is 13.5. The molecular weight excluding hydrogens is 442 g/mol. The zero-order chi connectivity index (χ0) is 25.5. The van der Waals surface area contributed by atoms with Crippen molar-refractivity contribution in [1.82, 2.24) is 14.9 Å². The molecule has 2 heterocycles. The first-order valence-electron chi connectivity index (χ1n) is 11.8. The molecule has 7 heteroatoms. The van der Waals surface area contributed by atoms with Gasteiger partial charge < -0.3 is 14.6 Å². The Morgan fingerprint density at radius 3 is 2.40 bits per heavy atom. The van der Waals surface area contributed by atoms with E-state index in [4.69, 9.17) is 4.74 Å². The fourth-order valence-electron chi connectivity index (χ4n) is 4.32. The molecule has 0 spiro atoms. The van der Waals surface area contributed by atoms with E-state index in [9.17, 15) is 14.4 Å². The van der Waals surface area contributed by atoms with Crippen molar-refractivity contribution in [3.05, 3.63) is 88.1 Å². The lowest BCUT2D eigenvalue weighted by Gasteiger charge is -2.25. The summed E-state index contributed by atoms with van der Waals surface area (Å²) in [6.07, 6.45) is 5.46. The minimum absolute atomic E-state index is 0.0573. The first-order chi connectivity index (χ1) is 16.7. The summed E-state index contributed by atoms with van der Waals surface area (Å²) in [4.78, 5) is 42.7. The molecule has 0 bridgehead atoms. The number of nitrogens with zero attached hydrogens (tertiary/aromatic N) is 2. The van der Waals surface area contributed by atoms with Gasteiger partial charge in [-0.25, -0.2) is 0 Å². The second-order valence-corrected chi connectivity index (χ2v) is 9.21. The van der Waals surface area contributed by atoms with Crippen LogP contribution in [0, 0.1) is 19.8 Å². The zero-order valence-electron chi connectivity index (χ0n) is 20.9. The third-order valence-corrected chi connectivity index (χ3v) is 6.03. The number of hydrogen-bond acceptors (Lipinski definition) is 5. The summed E-state index contributed by atoms with van der Waals surface area (Å²) < 4.78 is 6.34. The summed E-state index contributed by atoms with van der Waals surface area (Å²) in [7, 11) is 1.32. The van der Waals surface area contributed by atoms with Gasteiger partial charge in [0.2, 0.25) is 5.91 Å². The van der Waals surface area contributed by atoms with Gasteiger partial charge in [0.15, 0.2) is 0 Å². The monoisotopic (exact) mass is 475 g/mol. The predicted molar refractivity (Wildman–Crippen MR) is 136 cm³/mol. The van der Waals surface area contributed by atoms with Gasteiger partial charge >= 0.3 is 5.97 Å². The fraction of sp³-hybridized carbons (Fsp3) is 0.357. The largest absolute Gasteiger partial charge is 0.469 e. The number of carbonyl (C=O) groups is 2. The van der Waals surface area contributed by atoms with Crippen LogP contribution < -0.4 is 10.9 Å². The number of ether oxygens (including phenoxy) is 1. The van der Waals surface area contributed by atoms with Crippen molar-refractivity contribution < 1.29 is 14.3 Å².